The second-order valence-electron chi connectivity index (χ2n) is 6.50. The lowest BCUT2D eigenvalue weighted by atomic mass is 9.98. The number of rotatable bonds is 5. The largest absolute Gasteiger partial charge is 0.467 e. The van der Waals surface area contributed by atoms with Crippen LogP contribution in [0, 0.1) is 0 Å². The Morgan fingerprint density at radius 3 is 3.08 bits per heavy atom. The van der Waals surface area contributed by atoms with Crippen LogP contribution in [-0.4, -0.2) is 35.6 Å². The number of fused-ring (bicyclic) bond motifs is 1. The molecule has 0 bridgehead atoms. The van der Waals surface area contributed by atoms with Crippen LogP contribution in [-0.2, 0) is 22.6 Å². The van der Waals surface area contributed by atoms with Crippen LogP contribution in [0.1, 0.15) is 30.6 Å². The first kappa shape index (κ1) is 15.9. The Bertz CT molecular complexity index is 656. The monoisotopic (exact) mass is 346 g/mol. The molecule has 2 aliphatic heterocycles. The molecular weight excluding hydrogens is 324 g/mol. The number of amides is 1. The van der Waals surface area contributed by atoms with Crippen LogP contribution < -0.4 is 5.32 Å². The highest BCUT2D eigenvalue weighted by Crippen LogP contribution is 2.32. The van der Waals surface area contributed by atoms with Gasteiger partial charge in [0.05, 0.1) is 18.9 Å². The molecule has 2 aliphatic rings. The number of likely N-dealkylation sites (tertiary alicyclic amines) is 1. The van der Waals surface area contributed by atoms with Gasteiger partial charge < -0.3 is 14.5 Å². The van der Waals surface area contributed by atoms with Crippen molar-refractivity contribution in [3.05, 3.63) is 46.5 Å². The Kier molecular flexibility index (Phi) is 4.69. The van der Waals surface area contributed by atoms with Gasteiger partial charge in [0.15, 0.2) is 0 Å². The van der Waals surface area contributed by atoms with Gasteiger partial charge in [-0.25, -0.2) is 0 Å². The third kappa shape index (κ3) is 3.41. The third-order valence-electron chi connectivity index (χ3n) is 4.94. The Morgan fingerprint density at radius 2 is 2.29 bits per heavy atom. The van der Waals surface area contributed by atoms with Crippen molar-refractivity contribution >= 4 is 17.2 Å². The zero-order chi connectivity index (χ0) is 16.4. The Balaban J connectivity index is 1.29. The van der Waals surface area contributed by atoms with Crippen molar-refractivity contribution in [2.75, 3.05) is 6.54 Å². The molecule has 0 spiro atoms. The smallest absolute Gasteiger partial charge is 0.249 e. The van der Waals surface area contributed by atoms with E-state index < -0.39 is 0 Å². The molecule has 4 heterocycles. The maximum Gasteiger partial charge on any atom is 0.249 e. The van der Waals surface area contributed by atoms with Gasteiger partial charge in [-0.05, 0) is 53.8 Å². The minimum atomic E-state index is -0.331. The third-order valence-corrected chi connectivity index (χ3v) is 5.67. The quantitative estimate of drug-likeness (QED) is 0.904. The maximum atomic E-state index is 12.3. The van der Waals surface area contributed by atoms with Crippen molar-refractivity contribution in [2.24, 2.45) is 0 Å². The zero-order valence-corrected chi connectivity index (χ0v) is 14.3. The minimum Gasteiger partial charge on any atom is -0.467 e. The van der Waals surface area contributed by atoms with Gasteiger partial charge in [0, 0.05) is 19.1 Å². The molecule has 128 valence electrons. The van der Waals surface area contributed by atoms with Gasteiger partial charge in [-0.1, -0.05) is 0 Å². The molecule has 24 heavy (non-hydrogen) atoms. The molecule has 5 nitrogen and oxygen atoms in total. The van der Waals surface area contributed by atoms with E-state index >= 15 is 0 Å². The molecule has 2 saturated heterocycles. The Labute approximate surface area is 145 Å². The van der Waals surface area contributed by atoms with Crippen LogP contribution in [0.2, 0.25) is 0 Å². The van der Waals surface area contributed by atoms with Gasteiger partial charge >= 0.3 is 0 Å². The SMILES string of the molecule is O=C(NCc1ccco1)[C@@H]1CC[C@@H]2[C@@H](CCN2Cc2ccsc2)O1. The van der Waals surface area contributed by atoms with Crippen molar-refractivity contribution in [3.63, 3.8) is 0 Å². The molecule has 0 aliphatic carbocycles. The van der Waals surface area contributed by atoms with Crippen molar-refractivity contribution in [2.45, 2.75) is 50.6 Å². The van der Waals surface area contributed by atoms with E-state index in [0.717, 1.165) is 38.1 Å². The first-order valence-electron chi connectivity index (χ1n) is 8.50. The van der Waals surface area contributed by atoms with Crippen molar-refractivity contribution in [3.8, 4) is 0 Å². The van der Waals surface area contributed by atoms with E-state index in [0.29, 0.717) is 12.6 Å². The van der Waals surface area contributed by atoms with Crippen LogP contribution in [0.4, 0.5) is 0 Å². The van der Waals surface area contributed by atoms with Crippen LogP contribution in [0.25, 0.3) is 0 Å². The molecule has 0 unspecified atom stereocenters. The molecule has 3 atom stereocenters. The summed E-state index contributed by atoms with van der Waals surface area (Å²) in [6, 6.07) is 6.31. The van der Waals surface area contributed by atoms with E-state index in [2.05, 4.69) is 27.0 Å². The summed E-state index contributed by atoms with van der Waals surface area (Å²) in [5.74, 6) is 0.737. The summed E-state index contributed by atoms with van der Waals surface area (Å²) < 4.78 is 11.4. The van der Waals surface area contributed by atoms with Crippen LogP contribution in [0.3, 0.4) is 0 Å². The fraction of sp³-hybridized carbons (Fsp3) is 0.500. The molecule has 2 aromatic heterocycles. The number of carbonyl (C=O) groups is 1. The van der Waals surface area contributed by atoms with Gasteiger partial charge in [0.25, 0.3) is 0 Å². The van der Waals surface area contributed by atoms with E-state index in [4.69, 9.17) is 9.15 Å². The maximum absolute atomic E-state index is 12.3. The Hall–Kier alpha value is -1.63. The number of carbonyl (C=O) groups excluding carboxylic acids is 1. The lowest BCUT2D eigenvalue weighted by Crippen LogP contribution is -2.47. The molecule has 1 amide bonds. The summed E-state index contributed by atoms with van der Waals surface area (Å²) in [4.78, 5) is 14.8. The van der Waals surface area contributed by atoms with Gasteiger partial charge in [-0.15, -0.1) is 0 Å². The molecule has 2 aromatic rings. The zero-order valence-electron chi connectivity index (χ0n) is 13.5. The van der Waals surface area contributed by atoms with Crippen molar-refractivity contribution in [1.82, 2.24) is 10.2 Å². The predicted molar refractivity (Wildman–Crippen MR) is 91.6 cm³/mol. The number of hydrogen-bond donors (Lipinski definition) is 1. The lowest BCUT2D eigenvalue weighted by Gasteiger charge is -2.35. The van der Waals surface area contributed by atoms with E-state index in [1.165, 1.54) is 5.56 Å². The second-order valence-corrected chi connectivity index (χ2v) is 7.28. The highest BCUT2D eigenvalue weighted by atomic mass is 32.1. The topological polar surface area (TPSA) is 54.7 Å². The van der Waals surface area contributed by atoms with Gasteiger partial charge in [-0.3, -0.25) is 9.69 Å². The molecule has 0 radical (unpaired) electrons. The van der Waals surface area contributed by atoms with Crippen molar-refractivity contribution < 1.29 is 13.9 Å². The molecular formula is C18H22N2O3S. The molecule has 2 fully saturated rings. The van der Waals surface area contributed by atoms with Gasteiger partial charge in [-0.2, -0.15) is 11.3 Å². The number of ether oxygens (including phenoxy) is 1. The fourth-order valence-electron chi connectivity index (χ4n) is 3.72. The lowest BCUT2D eigenvalue weighted by molar-refractivity contribution is -0.144. The van der Waals surface area contributed by atoms with Crippen LogP contribution in [0.15, 0.2) is 39.6 Å². The summed E-state index contributed by atoms with van der Waals surface area (Å²) >= 11 is 1.74. The normalized spacial score (nSPS) is 27.1. The predicted octanol–water partition coefficient (Wildman–Crippen LogP) is 2.78. The van der Waals surface area contributed by atoms with E-state index in [1.807, 2.05) is 12.1 Å². The molecule has 6 heteroatoms. The van der Waals surface area contributed by atoms with E-state index in [1.54, 1.807) is 17.6 Å². The van der Waals surface area contributed by atoms with Crippen LogP contribution >= 0.6 is 11.3 Å². The first-order chi connectivity index (χ1) is 11.8. The average Bonchev–Trinajstić information content (AvgIpc) is 3.35. The standard InChI is InChI=1S/C18H22N2O3S/c21-18(19-10-14-2-1-8-22-14)17-4-3-15-16(23-17)5-7-20(15)11-13-6-9-24-12-13/h1-2,6,8-9,12,15-17H,3-5,7,10-11H2,(H,19,21)/t15-,16-,17+/m1/s1. The number of thiophene rings is 1. The molecule has 0 saturated carbocycles. The molecule has 4 rings (SSSR count). The first-order valence-corrected chi connectivity index (χ1v) is 9.44. The summed E-state index contributed by atoms with van der Waals surface area (Å²) in [6.45, 7) is 2.46. The fourth-order valence-corrected chi connectivity index (χ4v) is 4.38. The van der Waals surface area contributed by atoms with Gasteiger partial charge in [0.2, 0.25) is 5.91 Å². The number of nitrogens with one attached hydrogen (secondary N) is 1. The molecule has 0 aromatic carbocycles. The summed E-state index contributed by atoms with van der Waals surface area (Å²) in [7, 11) is 0. The van der Waals surface area contributed by atoms with Crippen molar-refractivity contribution in [1.29, 1.82) is 0 Å². The van der Waals surface area contributed by atoms with Crippen LogP contribution in [0.5, 0.6) is 0 Å². The number of nitrogens with zero attached hydrogens (tertiary/aromatic N) is 1. The summed E-state index contributed by atoms with van der Waals surface area (Å²) in [6.07, 6.45) is 4.28. The average molecular weight is 346 g/mol. The number of hydrogen-bond acceptors (Lipinski definition) is 5. The van der Waals surface area contributed by atoms with E-state index in [9.17, 15) is 4.79 Å². The van der Waals surface area contributed by atoms with Gasteiger partial charge in [0.1, 0.15) is 11.9 Å². The highest BCUT2D eigenvalue weighted by Gasteiger charge is 2.41. The van der Waals surface area contributed by atoms with E-state index in [-0.39, 0.29) is 18.1 Å². The number of furan rings is 1. The summed E-state index contributed by atoms with van der Waals surface area (Å²) in [5, 5.41) is 7.25. The molecule has 1 N–H and O–H groups in total. The minimum absolute atomic E-state index is 0.0267. The second kappa shape index (κ2) is 7.09. The highest BCUT2D eigenvalue weighted by molar-refractivity contribution is 7.07. The summed E-state index contributed by atoms with van der Waals surface area (Å²) in [5.41, 5.74) is 1.37. The Morgan fingerprint density at radius 1 is 1.33 bits per heavy atom.